The second-order valence-corrected chi connectivity index (χ2v) is 6.48. The van der Waals surface area contributed by atoms with Crippen LogP contribution < -0.4 is 0 Å². The zero-order chi connectivity index (χ0) is 17.1. The number of nitrogens with zero attached hydrogens (tertiary/aromatic N) is 3. The molecule has 3 rings (SSSR count). The number of Topliss-reactive ketones (excluding diaryl/α,β-unsaturated/α-hetero) is 1. The fourth-order valence-corrected chi connectivity index (χ4v) is 3.63. The molecule has 0 atom stereocenters. The van der Waals surface area contributed by atoms with E-state index in [1.807, 2.05) is 29.8 Å². The third-order valence-corrected chi connectivity index (χ3v) is 5.00. The maximum absolute atomic E-state index is 12.7. The number of aromatic nitrogens is 4. The van der Waals surface area contributed by atoms with Crippen LogP contribution in [0.4, 0.5) is 0 Å². The molecule has 0 bridgehead atoms. The third kappa shape index (κ3) is 3.01. The topological polar surface area (TPSA) is 63.6 Å². The first-order valence-electron chi connectivity index (χ1n) is 7.91. The van der Waals surface area contributed by atoms with Gasteiger partial charge in [-0.15, -0.1) is 16.8 Å². The predicted molar refractivity (Wildman–Crippen MR) is 97.7 cm³/mol. The molecule has 2 aromatic heterocycles. The number of H-pyrrole nitrogens is 1. The number of carbonyl (C=O) groups excluding carboxylic acids is 1. The average Bonchev–Trinajstić information content (AvgIpc) is 3.17. The van der Waals surface area contributed by atoms with E-state index in [1.54, 1.807) is 6.08 Å². The van der Waals surface area contributed by atoms with E-state index in [0.29, 0.717) is 12.3 Å². The van der Waals surface area contributed by atoms with Gasteiger partial charge >= 0.3 is 0 Å². The van der Waals surface area contributed by atoms with Crippen molar-refractivity contribution >= 4 is 28.4 Å². The Bertz CT molecular complexity index is 894. The number of carbonyl (C=O) groups is 1. The number of nitrogens with one attached hydrogen (secondary N) is 1. The van der Waals surface area contributed by atoms with Crippen LogP contribution in [-0.2, 0) is 13.0 Å². The third-order valence-electron chi connectivity index (χ3n) is 4.03. The highest BCUT2D eigenvalue weighted by Crippen LogP contribution is 2.25. The lowest BCUT2D eigenvalue weighted by Crippen LogP contribution is -2.05. The van der Waals surface area contributed by atoms with E-state index in [0.717, 1.165) is 33.9 Å². The van der Waals surface area contributed by atoms with Crippen LogP contribution in [-0.4, -0.2) is 31.3 Å². The van der Waals surface area contributed by atoms with E-state index in [-0.39, 0.29) is 5.78 Å². The maximum Gasteiger partial charge on any atom is 0.191 e. The number of hydrogen-bond donors (Lipinski definition) is 1. The summed E-state index contributed by atoms with van der Waals surface area (Å²) in [6, 6.07) is 6.08. The molecule has 0 spiro atoms. The zero-order valence-corrected chi connectivity index (χ0v) is 14.7. The molecular weight excluding hydrogens is 320 g/mol. The van der Waals surface area contributed by atoms with Gasteiger partial charge in [0.15, 0.2) is 10.9 Å². The minimum absolute atomic E-state index is 0.0882. The van der Waals surface area contributed by atoms with Crippen molar-refractivity contribution in [2.24, 2.45) is 0 Å². The average molecular weight is 340 g/mol. The first-order valence-corrected chi connectivity index (χ1v) is 8.90. The predicted octanol–water partition coefficient (Wildman–Crippen LogP) is 3.79. The number of para-hydroxylation sites is 1. The Hall–Kier alpha value is -2.34. The summed E-state index contributed by atoms with van der Waals surface area (Å²) in [5, 5.41) is 9.96. The number of allylic oxidation sites excluding steroid dienone is 1. The standard InChI is InChI=1S/C18H20N4OS/c1-4-9-22-12(3)20-21-18(22)24-11-16(23)15-10-19-17-13(5-2)7-6-8-14(15)17/h4,6-8,10,19H,1,5,9,11H2,2-3H3. The van der Waals surface area contributed by atoms with Crippen LogP contribution in [0.1, 0.15) is 28.7 Å². The van der Waals surface area contributed by atoms with Gasteiger partial charge in [-0.05, 0) is 18.9 Å². The highest BCUT2D eigenvalue weighted by atomic mass is 32.2. The molecule has 1 aromatic carbocycles. The van der Waals surface area contributed by atoms with E-state index < -0.39 is 0 Å². The van der Waals surface area contributed by atoms with Crippen molar-refractivity contribution in [2.75, 3.05) is 5.75 Å². The number of ketones is 1. The lowest BCUT2D eigenvalue weighted by molar-refractivity contribution is 0.102. The largest absolute Gasteiger partial charge is 0.360 e. The van der Waals surface area contributed by atoms with Gasteiger partial charge in [-0.3, -0.25) is 4.79 Å². The van der Waals surface area contributed by atoms with E-state index in [1.165, 1.54) is 17.3 Å². The van der Waals surface area contributed by atoms with Crippen LogP contribution in [0, 0.1) is 6.92 Å². The van der Waals surface area contributed by atoms with Crippen molar-refractivity contribution in [3.8, 4) is 0 Å². The van der Waals surface area contributed by atoms with Crippen molar-refractivity contribution in [3.05, 3.63) is 54.0 Å². The lowest BCUT2D eigenvalue weighted by Gasteiger charge is -2.05. The molecule has 0 aliphatic rings. The number of rotatable bonds is 7. The molecule has 0 saturated carbocycles. The molecule has 0 saturated heterocycles. The maximum atomic E-state index is 12.7. The summed E-state index contributed by atoms with van der Waals surface area (Å²) in [6.07, 6.45) is 4.55. The Morgan fingerprint density at radius 3 is 3.00 bits per heavy atom. The molecule has 1 N–H and O–H groups in total. The summed E-state index contributed by atoms with van der Waals surface area (Å²) in [7, 11) is 0. The second-order valence-electron chi connectivity index (χ2n) is 5.54. The van der Waals surface area contributed by atoms with Crippen LogP contribution in [0.2, 0.25) is 0 Å². The van der Waals surface area contributed by atoms with Crippen molar-refractivity contribution in [1.29, 1.82) is 0 Å². The van der Waals surface area contributed by atoms with E-state index in [9.17, 15) is 4.79 Å². The highest BCUT2D eigenvalue weighted by molar-refractivity contribution is 7.99. The van der Waals surface area contributed by atoms with E-state index in [2.05, 4.69) is 34.8 Å². The molecule has 0 fully saturated rings. The minimum atomic E-state index is 0.0882. The number of hydrogen-bond acceptors (Lipinski definition) is 4. The van der Waals surface area contributed by atoms with E-state index >= 15 is 0 Å². The van der Waals surface area contributed by atoms with Crippen LogP contribution in [0.5, 0.6) is 0 Å². The van der Waals surface area contributed by atoms with Crippen LogP contribution in [0.15, 0.2) is 42.2 Å². The van der Waals surface area contributed by atoms with Gasteiger partial charge in [0, 0.05) is 29.2 Å². The molecule has 2 heterocycles. The van der Waals surface area contributed by atoms with Gasteiger partial charge in [-0.1, -0.05) is 43.0 Å². The van der Waals surface area contributed by atoms with Crippen LogP contribution in [0.25, 0.3) is 10.9 Å². The fourth-order valence-electron chi connectivity index (χ4n) is 2.76. The van der Waals surface area contributed by atoms with Gasteiger partial charge in [0.2, 0.25) is 0 Å². The molecule has 5 nitrogen and oxygen atoms in total. The summed E-state index contributed by atoms with van der Waals surface area (Å²) in [4.78, 5) is 15.9. The fraction of sp³-hybridized carbons (Fsp3) is 0.278. The molecule has 124 valence electrons. The normalized spacial score (nSPS) is 11.1. The quantitative estimate of drug-likeness (QED) is 0.404. The molecular formula is C18H20N4OS. The summed E-state index contributed by atoms with van der Waals surface area (Å²) in [5.74, 6) is 1.24. The van der Waals surface area contributed by atoms with Crippen LogP contribution >= 0.6 is 11.8 Å². The molecule has 24 heavy (non-hydrogen) atoms. The molecule has 0 radical (unpaired) electrons. The smallest absolute Gasteiger partial charge is 0.191 e. The number of benzene rings is 1. The zero-order valence-electron chi connectivity index (χ0n) is 13.9. The summed E-state index contributed by atoms with van der Waals surface area (Å²) in [6.45, 7) is 8.40. The Balaban J connectivity index is 1.80. The van der Waals surface area contributed by atoms with E-state index in [4.69, 9.17) is 0 Å². The molecule has 6 heteroatoms. The van der Waals surface area contributed by atoms with Gasteiger partial charge in [-0.25, -0.2) is 0 Å². The Morgan fingerprint density at radius 1 is 1.42 bits per heavy atom. The van der Waals surface area contributed by atoms with Gasteiger partial charge in [-0.2, -0.15) is 0 Å². The molecule has 0 unspecified atom stereocenters. The second kappa shape index (κ2) is 7.05. The first-order chi connectivity index (χ1) is 11.7. The number of fused-ring (bicyclic) bond motifs is 1. The summed E-state index contributed by atoms with van der Waals surface area (Å²) < 4.78 is 1.95. The SMILES string of the molecule is C=CCn1c(C)nnc1SCC(=O)c1c[nH]c2c(CC)cccc12. The van der Waals surface area contributed by atoms with Crippen molar-refractivity contribution in [3.63, 3.8) is 0 Å². The monoisotopic (exact) mass is 340 g/mol. The Morgan fingerprint density at radius 2 is 2.25 bits per heavy atom. The van der Waals surface area contributed by atoms with Crippen molar-refractivity contribution < 1.29 is 4.79 Å². The van der Waals surface area contributed by atoms with Crippen LogP contribution in [0.3, 0.4) is 0 Å². The molecule has 0 aliphatic heterocycles. The number of aromatic amines is 1. The van der Waals surface area contributed by atoms with Gasteiger partial charge in [0.1, 0.15) is 5.82 Å². The highest BCUT2D eigenvalue weighted by Gasteiger charge is 2.16. The summed E-state index contributed by atoms with van der Waals surface area (Å²) in [5.41, 5.74) is 3.01. The lowest BCUT2D eigenvalue weighted by atomic mass is 10.1. The summed E-state index contributed by atoms with van der Waals surface area (Å²) >= 11 is 1.41. The van der Waals surface area contributed by atoms with Gasteiger partial charge in [0.05, 0.1) is 5.75 Å². The number of thioether (sulfide) groups is 1. The van der Waals surface area contributed by atoms with Crippen molar-refractivity contribution in [2.45, 2.75) is 32.0 Å². The Labute approximate surface area is 145 Å². The van der Waals surface area contributed by atoms with Gasteiger partial charge < -0.3 is 9.55 Å². The van der Waals surface area contributed by atoms with Gasteiger partial charge in [0.25, 0.3) is 0 Å². The molecule has 0 amide bonds. The molecule has 3 aromatic rings. The minimum Gasteiger partial charge on any atom is -0.360 e. The molecule has 0 aliphatic carbocycles. The Kier molecular flexibility index (Phi) is 4.85. The first kappa shape index (κ1) is 16.5. The van der Waals surface area contributed by atoms with Crippen molar-refractivity contribution in [1.82, 2.24) is 19.7 Å². The number of aryl methyl sites for hydroxylation is 2.